The molecule has 1 aliphatic heterocycles. The van der Waals surface area contributed by atoms with Crippen molar-refractivity contribution in [3.63, 3.8) is 0 Å². The number of piperazine rings is 1. The summed E-state index contributed by atoms with van der Waals surface area (Å²) < 4.78 is 27.7. The zero-order valence-electron chi connectivity index (χ0n) is 9.19. The van der Waals surface area contributed by atoms with E-state index in [0.29, 0.717) is 24.9 Å². The van der Waals surface area contributed by atoms with Crippen molar-refractivity contribution < 1.29 is 8.42 Å². The Labute approximate surface area is 96.2 Å². The summed E-state index contributed by atoms with van der Waals surface area (Å²) in [6.07, 6.45) is 1.98. The lowest BCUT2D eigenvalue weighted by Crippen LogP contribution is -2.51. The van der Waals surface area contributed by atoms with Gasteiger partial charge in [0, 0.05) is 38.0 Å². The van der Waals surface area contributed by atoms with E-state index in [1.54, 1.807) is 11.8 Å². The van der Waals surface area contributed by atoms with Crippen LogP contribution in [-0.4, -0.2) is 57.0 Å². The molecule has 1 unspecified atom stereocenters. The van der Waals surface area contributed by atoms with Crippen LogP contribution in [0.3, 0.4) is 0 Å². The van der Waals surface area contributed by atoms with Gasteiger partial charge in [-0.3, -0.25) is 0 Å². The van der Waals surface area contributed by atoms with Gasteiger partial charge in [-0.2, -0.15) is 24.5 Å². The second-order valence-electron chi connectivity index (χ2n) is 3.55. The molecule has 0 aliphatic carbocycles. The molecule has 1 aliphatic rings. The third kappa shape index (κ3) is 4.28. The molecular weight excluding hydrogens is 234 g/mol. The van der Waals surface area contributed by atoms with Crippen molar-refractivity contribution >= 4 is 22.0 Å². The molecule has 1 saturated heterocycles. The van der Waals surface area contributed by atoms with Gasteiger partial charge < -0.3 is 5.32 Å². The van der Waals surface area contributed by atoms with Crippen LogP contribution in [0.5, 0.6) is 0 Å². The summed E-state index contributed by atoms with van der Waals surface area (Å²) >= 11 is 1.65. The molecule has 0 saturated carbocycles. The Morgan fingerprint density at radius 2 is 2.07 bits per heavy atom. The van der Waals surface area contributed by atoms with Gasteiger partial charge in [-0.1, -0.05) is 6.92 Å². The first-order valence-corrected chi connectivity index (χ1v) is 7.77. The minimum atomic E-state index is -3.26. The maximum Gasteiger partial charge on any atom is 0.279 e. The Kier molecular flexibility index (Phi) is 5.34. The Hall–Kier alpha value is 0.180. The smallest absolute Gasteiger partial charge is 0.279 e. The van der Waals surface area contributed by atoms with Crippen LogP contribution in [-0.2, 0) is 10.2 Å². The Bertz CT molecular complexity index is 276. The monoisotopic (exact) mass is 253 g/mol. The molecule has 90 valence electrons. The van der Waals surface area contributed by atoms with Gasteiger partial charge in [-0.25, -0.2) is 4.72 Å². The van der Waals surface area contributed by atoms with Crippen LogP contribution in [0.2, 0.25) is 0 Å². The molecule has 0 radical (unpaired) electrons. The first-order chi connectivity index (χ1) is 7.06. The molecule has 0 aromatic rings. The molecule has 0 aromatic carbocycles. The maximum absolute atomic E-state index is 11.8. The molecule has 0 spiro atoms. The Morgan fingerprint density at radius 1 is 1.47 bits per heavy atom. The summed E-state index contributed by atoms with van der Waals surface area (Å²) in [6.45, 7) is 5.09. The van der Waals surface area contributed by atoms with Gasteiger partial charge in [0.05, 0.1) is 0 Å². The fourth-order valence-electron chi connectivity index (χ4n) is 1.28. The highest BCUT2D eigenvalue weighted by molar-refractivity contribution is 7.99. The molecule has 1 fully saturated rings. The normalized spacial score (nSPS) is 21.5. The Balaban J connectivity index is 2.43. The van der Waals surface area contributed by atoms with Crippen molar-refractivity contribution in [2.45, 2.75) is 12.2 Å². The molecule has 15 heavy (non-hydrogen) atoms. The molecule has 1 atom stereocenters. The molecule has 1 rings (SSSR count). The summed E-state index contributed by atoms with van der Waals surface area (Å²) in [5.41, 5.74) is 0. The fraction of sp³-hybridized carbons (Fsp3) is 1.00. The lowest BCUT2D eigenvalue weighted by Gasteiger charge is -2.27. The molecule has 0 aromatic heterocycles. The number of hydrogen-bond donors (Lipinski definition) is 2. The van der Waals surface area contributed by atoms with Gasteiger partial charge in [0.1, 0.15) is 0 Å². The predicted molar refractivity (Wildman–Crippen MR) is 64.3 cm³/mol. The van der Waals surface area contributed by atoms with Crippen molar-refractivity contribution in [1.82, 2.24) is 14.3 Å². The first-order valence-electron chi connectivity index (χ1n) is 5.04. The van der Waals surface area contributed by atoms with Gasteiger partial charge in [0.15, 0.2) is 0 Å². The quantitative estimate of drug-likeness (QED) is 0.692. The molecule has 2 N–H and O–H groups in total. The average molecular weight is 253 g/mol. The summed E-state index contributed by atoms with van der Waals surface area (Å²) in [5.74, 6) is 0. The van der Waals surface area contributed by atoms with Gasteiger partial charge in [0.25, 0.3) is 10.2 Å². The van der Waals surface area contributed by atoms with Crippen molar-refractivity contribution in [2.24, 2.45) is 0 Å². The highest BCUT2D eigenvalue weighted by atomic mass is 32.2. The summed E-state index contributed by atoms with van der Waals surface area (Å²) in [6, 6.07) is 0. The first kappa shape index (κ1) is 13.2. The number of nitrogens with one attached hydrogen (secondary N) is 2. The molecular formula is C8H19N3O2S2. The van der Waals surface area contributed by atoms with Crippen LogP contribution in [0.4, 0.5) is 0 Å². The summed E-state index contributed by atoms with van der Waals surface area (Å²) in [7, 11) is -3.26. The van der Waals surface area contributed by atoms with Gasteiger partial charge in [-0.15, -0.1) is 0 Å². The number of hydrogen-bond acceptors (Lipinski definition) is 4. The zero-order valence-corrected chi connectivity index (χ0v) is 10.8. The van der Waals surface area contributed by atoms with Gasteiger partial charge in [-0.05, 0) is 6.26 Å². The zero-order chi connectivity index (χ0) is 11.3. The van der Waals surface area contributed by atoms with Crippen molar-refractivity contribution in [3.8, 4) is 0 Å². The molecule has 0 amide bonds. The lowest BCUT2D eigenvalue weighted by atomic mass is 10.4. The third-order valence-electron chi connectivity index (χ3n) is 2.37. The van der Waals surface area contributed by atoms with Gasteiger partial charge in [0.2, 0.25) is 0 Å². The Morgan fingerprint density at radius 3 is 2.60 bits per heavy atom. The molecule has 7 heteroatoms. The largest absolute Gasteiger partial charge is 0.314 e. The second-order valence-corrected chi connectivity index (χ2v) is 6.58. The van der Waals surface area contributed by atoms with Crippen molar-refractivity contribution in [3.05, 3.63) is 0 Å². The standard InChI is InChI=1S/C8H19N3O2S2/c1-8(14-2)7-10-15(12,13)11-5-3-9-4-6-11/h8-10H,3-7H2,1-2H3. The van der Waals surface area contributed by atoms with Crippen LogP contribution in [0.1, 0.15) is 6.92 Å². The third-order valence-corrected chi connectivity index (χ3v) is 4.92. The average Bonchev–Trinajstić information content (AvgIpc) is 2.27. The highest BCUT2D eigenvalue weighted by Gasteiger charge is 2.23. The van der Waals surface area contributed by atoms with Crippen LogP contribution in [0, 0.1) is 0 Å². The number of nitrogens with zero attached hydrogens (tertiary/aromatic N) is 1. The topological polar surface area (TPSA) is 61.4 Å². The van der Waals surface area contributed by atoms with E-state index in [-0.39, 0.29) is 0 Å². The van der Waals surface area contributed by atoms with Crippen LogP contribution < -0.4 is 10.0 Å². The van der Waals surface area contributed by atoms with Crippen LogP contribution in [0.25, 0.3) is 0 Å². The van der Waals surface area contributed by atoms with Crippen molar-refractivity contribution in [2.75, 3.05) is 39.0 Å². The van der Waals surface area contributed by atoms with E-state index >= 15 is 0 Å². The number of rotatable bonds is 5. The van der Waals surface area contributed by atoms with E-state index in [0.717, 1.165) is 13.1 Å². The van der Waals surface area contributed by atoms with E-state index < -0.39 is 10.2 Å². The maximum atomic E-state index is 11.8. The molecule has 5 nitrogen and oxygen atoms in total. The molecule has 0 bridgehead atoms. The minimum Gasteiger partial charge on any atom is -0.314 e. The SMILES string of the molecule is CSC(C)CNS(=O)(=O)N1CCNCC1. The fourth-order valence-corrected chi connectivity index (χ4v) is 2.94. The van der Waals surface area contributed by atoms with E-state index in [1.165, 1.54) is 4.31 Å². The van der Waals surface area contributed by atoms with E-state index in [9.17, 15) is 8.42 Å². The van der Waals surface area contributed by atoms with E-state index in [2.05, 4.69) is 10.0 Å². The van der Waals surface area contributed by atoms with Gasteiger partial charge >= 0.3 is 0 Å². The summed E-state index contributed by atoms with van der Waals surface area (Å²) in [4.78, 5) is 0. The minimum absolute atomic E-state index is 0.308. The number of thioether (sulfide) groups is 1. The summed E-state index contributed by atoms with van der Waals surface area (Å²) in [5, 5.41) is 3.43. The predicted octanol–water partition coefficient (Wildman–Crippen LogP) is -0.522. The van der Waals surface area contributed by atoms with Crippen molar-refractivity contribution in [1.29, 1.82) is 0 Å². The lowest BCUT2D eigenvalue weighted by molar-refractivity contribution is 0.355. The van der Waals surface area contributed by atoms with E-state index in [4.69, 9.17) is 0 Å². The second kappa shape index (κ2) is 6.05. The highest BCUT2D eigenvalue weighted by Crippen LogP contribution is 2.05. The van der Waals surface area contributed by atoms with Crippen LogP contribution in [0.15, 0.2) is 0 Å². The van der Waals surface area contributed by atoms with Crippen LogP contribution >= 0.6 is 11.8 Å². The van der Waals surface area contributed by atoms with E-state index in [1.807, 2.05) is 13.2 Å². The molecule has 1 heterocycles.